The van der Waals surface area contributed by atoms with Crippen LogP contribution in [0.15, 0.2) is 65.8 Å². The molecular weight excluding hydrogens is 932 g/mol. The molecule has 2 aromatic heterocycles. The molecular formula is C46H70ClF6N5O8S. The first kappa shape index (κ1) is 67.0. The highest BCUT2D eigenvalue weighted by molar-refractivity contribution is 7.85. The van der Waals surface area contributed by atoms with E-state index in [9.17, 15) is 34.8 Å². The van der Waals surface area contributed by atoms with Crippen LogP contribution in [0, 0.1) is 18.8 Å². The van der Waals surface area contributed by atoms with E-state index in [0.29, 0.717) is 36.2 Å². The summed E-state index contributed by atoms with van der Waals surface area (Å²) in [5.74, 6) is 2.22. The fourth-order valence-corrected chi connectivity index (χ4v) is 6.72. The van der Waals surface area contributed by atoms with E-state index in [1.54, 1.807) is 26.0 Å². The number of hydrogen-bond acceptors (Lipinski definition) is 12. The average Bonchev–Trinajstić information content (AvgIpc) is 3.21. The van der Waals surface area contributed by atoms with Gasteiger partial charge in [0, 0.05) is 42.7 Å². The van der Waals surface area contributed by atoms with Crippen molar-refractivity contribution in [3.8, 4) is 0 Å². The van der Waals surface area contributed by atoms with E-state index in [1.807, 2.05) is 6.92 Å². The molecule has 2 heterocycles. The van der Waals surface area contributed by atoms with Gasteiger partial charge >= 0.3 is 24.7 Å². The van der Waals surface area contributed by atoms with Crippen LogP contribution in [-0.4, -0.2) is 82.1 Å². The van der Waals surface area contributed by atoms with Crippen LogP contribution in [0.25, 0.3) is 0 Å². The van der Waals surface area contributed by atoms with Gasteiger partial charge in [0.25, 0.3) is 10.1 Å². The van der Waals surface area contributed by atoms with E-state index in [-0.39, 0.29) is 28.5 Å². The summed E-state index contributed by atoms with van der Waals surface area (Å²) in [6, 6.07) is 12.7. The lowest BCUT2D eigenvalue weighted by atomic mass is 9.87. The highest BCUT2D eigenvalue weighted by Crippen LogP contribution is 2.31. The normalized spacial score (nSPS) is 17.6. The van der Waals surface area contributed by atoms with Crippen molar-refractivity contribution < 1.29 is 63.6 Å². The van der Waals surface area contributed by atoms with Crippen molar-refractivity contribution in [2.45, 2.75) is 168 Å². The second-order valence-electron chi connectivity index (χ2n) is 16.5. The number of anilines is 1. The number of pyridine rings is 2. The summed E-state index contributed by atoms with van der Waals surface area (Å²) in [6.07, 6.45) is 2.91. The van der Waals surface area contributed by atoms with Crippen LogP contribution < -0.4 is 11.1 Å². The van der Waals surface area contributed by atoms with Gasteiger partial charge in [0.1, 0.15) is 11.0 Å². The summed E-state index contributed by atoms with van der Waals surface area (Å²) < 4.78 is 102. The molecule has 3 aromatic rings. The van der Waals surface area contributed by atoms with Crippen molar-refractivity contribution in [1.82, 2.24) is 14.9 Å². The highest BCUT2D eigenvalue weighted by Gasteiger charge is 2.31. The fourth-order valence-electron chi connectivity index (χ4n) is 6.13. The van der Waals surface area contributed by atoms with Crippen molar-refractivity contribution in [3.63, 3.8) is 0 Å². The van der Waals surface area contributed by atoms with Crippen LogP contribution in [0.5, 0.6) is 0 Å². The van der Waals surface area contributed by atoms with E-state index >= 15 is 0 Å². The van der Waals surface area contributed by atoms with E-state index in [0.717, 1.165) is 74.0 Å². The third-order valence-corrected chi connectivity index (χ3v) is 10.7. The van der Waals surface area contributed by atoms with Gasteiger partial charge in [-0.25, -0.2) is 9.97 Å². The number of hydrogen-bond donors (Lipinski definition) is 4. The van der Waals surface area contributed by atoms with Crippen molar-refractivity contribution in [2.75, 3.05) is 11.9 Å². The first-order valence-corrected chi connectivity index (χ1v) is 23.4. The molecule has 0 aliphatic heterocycles. The molecule has 0 spiro atoms. The zero-order valence-corrected chi connectivity index (χ0v) is 41.6. The van der Waals surface area contributed by atoms with Crippen LogP contribution in [0.3, 0.4) is 0 Å². The topological polar surface area (TPSA) is 210 Å². The third kappa shape index (κ3) is 36.5. The Morgan fingerprint density at radius 3 is 1.37 bits per heavy atom. The Morgan fingerprint density at radius 1 is 0.731 bits per heavy atom. The largest absolute Gasteiger partial charge is 0.417 e. The maximum absolute atomic E-state index is 12.4. The molecule has 0 atom stereocenters. The van der Waals surface area contributed by atoms with Gasteiger partial charge in [0.15, 0.2) is 0 Å². The van der Waals surface area contributed by atoms with E-state index in [1.165, 1.54) is 43.9 Å². The molecule has 0 unspecified atom stereocenters. The van der Waals surface area contributed by atoms with E-state index in [2.05, 4.69) is 68.7 Å². The molecule has 67 heavy (non-hydrogen) atoms. The third-order valence-electron chi connectivity index (χ3n) is 9.58. The van der Waals surface area contributed by atoms with Crippen LogP contribution in [-0.2, 0) is 41.6 Å². The van der Waals surface area contributed by atoms with Crippen LogP contribution in [0.2, 0.25) is 5.15 Å². The van der Waals surface area contributed by atoms with Gasteiger partial charge in [-0.2, -0.15) is 53.9 Å². The summed E-state index contributed by atoms with van der Waals surface area (Å²) in [5, 5.41) is 11.3. The maximum atomic E-state index is 12.4. The molecule has 2 aliphatic rings. The number of nitrogens with one attached hydrogen (secondary N) is 1. The molecule has 0 radical (unpaired) electrons. The maximum Gasteiger partial charge on any atom is 0.417 e. The Morgan fingerprint density at radius 2 is 1.10 bits per heavy atom. The second-order valence-corrected chi connectivity index (χ2v) is 18.3. The lowest BCUT2D eigenvalue weighted by molar-refractivity contribution is -0.193. The monoisotopic (exact) mass is 1000 g/mol. The number of rotatable bonds is 6. The number of benzene rings is 1. The molecule has 0 bridgehead atoms. The van der Waals surface area contributed by atoms with Gasteiger partial charge in [0.2, 0.25) is 0 Å². The summed E-state index contributed by atoms with van der Waals surface area (Å²) in [5.41, 5.74) is 5.16. The fraction of sp³-hybridized carbons (Fsp3) is 0.609. The second kappa shape index (κ2) is 35.8. The van der Waals surface area contributed by atoms with Crippen LogP contribution in [0.4, 0.5) is 32.2 Å². The smallest absolute Gasteiger partial charge is 0.394 e. The minimum Gasteiger partial charge on any atom is -0.394 e. The SMILES string of the molecule is CC(C)O.CC1CCC(N)CC1.CC1CCC(Nc2ccc(C(F)(F)F)cn2)CC1.CCN(C(C)C)C(C)C.Cc1ccc(S(=O)(=O)O)cc1.FC(F)(F)c1ccc(Cl)nc1.O=C=O.O=C=O. The molecule has 2 saturated carbocycles. The molecule has 13 nitrogen and oxygen atoms in total. The predicted octanol–water partition coefficient (Wildman–Crippen LogP) is 11.0. The summed E-state index contributed by atoms with van der Waals surface area (Å²) in [4.78, 5) is 42.0. The van der Waals surface area contributed by atoms with E-state index in [4.69, 9.17) is 46.2 Å². The molecule has 382 valence electrons. The van der Waals surface area contributed by atoms with Crippen LogP contribution in [0.1, 0.15) is 130 Å². The number of aryl methyl sites for hydroxylation is 1. The number of nitrogens with two attached hydrogens (primary N) is 1. The van der Waals surface area contributed by atoms with Gasteiger partial charge in [-0.05, 0) is 155 Å². The minimum absolute atomic E-state index is 0.0537. The Hall–Kier alpha value is -4.26. The molecule has 21 heteroatoms. The Balaban J connectivity index is -0.000000745. The highest BCUT2D eigenvalue weighted by atomic mass is 35.5. The van der Waals surface area contributed by atoms with Crippen molar-refractivity contribution in [2.24, 2.45) is 17.6 Å². The standard InChI is InChI=1S/C13H17F3N2.C8H19N.C7H15N.C7H8O3S.C6H3ClF3N.C3H8O.2CO2/c1-9-2-5-11(6-3-9)18-12-7-4-10(8-17-12)13(14,15)16;1-6-9(7(2)3)8(4)5;1-6-2-4-7(8)5-3-6;1-6-2-4-7(5-3-6)11(8,9)10;7-5-2-1-4(3-11-5)6(8,9)10;1-3(2)4;2*2-1-3/h4,7-9,11H,2-3,5-6H2,1H3,(H,17,18);7-8H,6H2,1-5H3;6-7H,2-5,8H2,1H3;2-5H,1H3,(H,8,9,10);1-3H;3-4H,1-2H3;;. The molecule has 5 N–H and O–H groups in total. The van der Waals surface area contributed by atoms with E-state index < -0.39 is 33.6 Å². The summed E-state index contributed by atoms with van der Waals surface area (Å²) in [6.45, 7) is 22.2. The molecule has 5 rings (SSSR count). The van der Waals surface area contributed by atoms with Gasteiger partial charge in [-0.15, -0.1) is 0 Å². The summed E-state index contributed by atoms with van der Waals surface area (Å²) in [7, 11) is -4.02. The summed E-state index contributed by atoms with van der Waals surface area (Å²) >= 11 is 5.28. The Bertz CT molecular complexity index is 1850. The number of alkyl halides is 6. The molecule has 2 aliphatic carbocycles. The number of nitrogens with zero attached hydrogens (tertiary/aromatic N) is 3. The molecule has 0 amide bonds. The van der Waals surface area contributed by atoms with Gasteiger partial charge < -0.3 is 16.2 Å². The quantitative estimate of drug-likeness (QED) is 0.103. The zero-order chi connectivity index (χ0) is 52.6. The number of aliphatic hydroxyl groups excluding tert-OH is 1. The van der Waals surface area contributed by atoms with Gasteiger partial charge in [0.05, 0.1) is 16.0 Å². The first-order valence-electron chi connectivity index (χ1n) is 21.6. The lowest BCUT2D eigenvalue weighted by Crippen LogP contribution is -2.36. The molecule has 2 fully saturated rings. The molecule has 1 aromatic carbocycles. The number of halogens is 7. The Kier molecular flexibility index (Phi) is 35.8. The number of aliphatic hydroxyl groups is 1. The number of carbonyl (C=O) groups excluding carboxylic acids is 4. The molecule has 0 saturated heterocycles. The minimum atomic E-state index is -4.34. The average molecular weight is 1000 g/mol. The van der Waals surface area contributed by atoms with Crippen molar-refractivity contribution >= 4 is 39.8 Å². The van der Waals surface area contributed by atoms with Crippen LogP contribution >= 0.6 is 11.6 Å². The van der Waals surface area contributed by atoms with Gasteiger partial charge in [-0.1, -0.05) is 50.1 Å². The Labute approximate surface area is 397 Å². The zero-order valence-electron chi connectivity index (χ0n) is 40.0. The number of aromatic nitrogens is 2. The lowest BCUT2D eigenvalue weighted by Gasteiger charge is -2.28. The van der Waals surface area contributed by atoms with Crippen molar-refractivity contribution in [1.29, 1.82) is 0 Å². The van der Waals surface area contributed by atoms with Gasteiger partial charge in [-0.3, -0.25) is 9.45 Å². The van der Waals surface area contributed by atoms with Crippen molar-refractivity contribution in [3.05, 3.63) is 82.8 Å². The predicted molar refractivity (Wildman–Crippen MR) is 245 cm³/mol. The first-order chi connectivity index (χ1) is 30.9.